The van der Waals surface area contributed by atoms with Crippen LogP contribution in [0.1, 0.15) is 6.42 Å². The van der Waals surface area contributed by atoms with Crippen molar-refractivity contribution in [3.8, 4) is 5.75 Å². The molecule has 0 atom stereocenters. The molecule has 0 aliphatic rings. The normalized spacial score (nSPS) is 11.2. The van der Waals surface area contributed by atoms with Crippen LogP contribution in [0.15, 0.2) is 22.7 Å². The first kappa shape index (κ1) is 15.8. The fourth-order valence-corrected chi connectivity index (χ4v) is 1.71. The van der Waals surface area contributed by atoms with Crippen LogP contribution in [-0.2, 0) is 4.79 Å². The maximum atomic E-state index is 12.1. The zero-order chi connectivity index (χ0) is 14.5. The average Bonchev–Trinajstić information content (AvgIpc) is 2.28. The number of carbonyl (C=O) groups is 1. The van der Waals surface area contributed by atoms with E-state index in [9.17, 15) is 18.0 Å². The number of nitrogens with one attached hydrogen (secondary N) is 2. The van der Waals surface area contributed by atoms with Gasteiger partial charge in [-0.3, -0.25) is 4.79 Å². The molecule has 0 bridgehead atoms. The van der Waals surface area contributed by atoms with Crippen LogP contribution in [0, 0.1) is 0 Å². The van der Waals surface area contributed by atoms with Crippen molar-refractivity contribution in [2.24, 2.45) is 0 Å². The summed E-state index contributed by atoms with van der Waals surface area (Å²) < 4.78 is 40.1. The molecular formula is C11H12BrF3N2O2. The zero-order valence-electron chi connectivity index (χ0n) is 9.97. The van der Waals surface area contributed by atoms with E-state index in [0.717, 1.165) is 6.07 Å². The van der Waals surface area contributed by atoms with Gasteiger partial charge in [-0.25, -0.2) is 0 Å². The Hall–Kier alpha value is -1.28. The van der Waals surface area contributed by atoms with Gasteiger partial charge in [0.2, 0.25) is 5.91 Å². The predicted octanol–water partition coefficient (Wildman–Crippen LogP) is 2.90. The van der Waals surface area contributed by atoms with E-state index in [1.165, 1.54) is 12.1 Å². The molecule has 1 amide bonds. The molecule has 2 N–H and O–H groups in total. The lowest BCUT2D eigenvalue weighted by atomic mass is 10.3. The Morgan fingerprint density at radius 1 is 1.42 bits per heavy atom. The molecule has 1 rings (SSSR count). The lowest BCUT2D eigenvalue weighted by molar-refractivity contribution is -0.274. The quantitative estimate of drug-likeness (QED) is 0.866. The van der Waals surface area contributed by atoms with Crippen LogP contribution in [0.2, 0.25) is 0 Å². The van der Waals surface area contributed by atoms with E-state index in [4.69, 9.17) is 0 Å². The number of carbonyl (C=O) groups excluding carboxylic acids is 1. The van der Waals surface area contributed by atoms with E-state index in [0.29, 0.717) is 12.2 Å². The topological polar surface area (TPSA) is 50.4 Å². The number of halogens is 4. The first-order valence-electron chi connectivity index (χ1n) is 5.31. The van der Waals surface area contributed by atoms with Crippen molar-refractivity contribution in [3.63, 3.8) is 0 Å². The van der Waals surface area contributed by atoms with Gasteiger partial charge in [0, 0.05) is 18.7 Å². The van der Waals surface area contributed by atoms with Gasteiger partial charge in [-0.2, -0.15) is 0 Å². The van der Waals surface area contributed by atoms with Gasteiger partial charge in [0.15, 0.2) is 0 Å². The molecule has 0 aromatic heterocycles. The third-order valence-electron chi connectivity index (χ3n) is 2.04. The van der Waals surface area contributed by atoms with Crippen LogP contribution in [0.5, 0.6) is 5.75 Å². The van der Waals surface area contributed by atoms with E-state index < -0.39 is 6.36 Å². The molecule has 0 spiro atoms. The molecule has 0 aliphatic carbocycles. The van der Waals surface area contributed by atoms with Crippen LogP contribution in [0.25, 0.3) is 0 Å². The van der Waals surface area contributed by atoms with Gasteiger partial charge in [-0.1, -0.05) is 0 Å². The van der Waals surface area contributed by atoms with E-state index >= 15 is 0 Å². The van der Waals surface area contributed by atoms with Crippen LogP contribution >= 0.6 is 15.9 Å². The summed E-state index contributed by atoms with van der Waals surface area (Å²) >= 11 is 2.95. The number of hydrogen-bond acceptors (Lipinski definition) is 3. The van der Waals surface area contributed by atoms with Crippen LogP contribution in [0.3, 0.4) is 0 Å². The van der Waals surface area contributed by atoms with E-state index in [1.54, 1.807) is 7.05 Å². The molecule has 0 unspecified atom stereocenters. The number of amides is 1. The Labute approximate surface area is 116 Å². The summed E-state index contributed by atoms with van der Waals surface area (Å²) in [5.41, 5.74) is 0.391. The number of alkyl halides is 3. The Morgan fingerprint density at radius 3 is 2.63 bits per heavy atom. The average molecular weight is 341 g/mol. The van der Waals surface area contributed by atoms with Crippen LogP contribution in [-0.4, -0.2) is 25.9 Å². The highest BCUT2D eigenvalue weighted by atomic mass is 79.9. The van der Waals surface area contributed by atoms with Crippen molar-refractivity contribution in [2.75, 3.05) is 18.9 Å². The molecule has 0 aliphatic heterocycles. The van der Waals surface area contributed by atoms with Gasteiger partial charge < -0.3 is 15.4 Å². The Bertz CT molecular complexity index is 452. The summed E-state index contributed by atoms with van der Waals surface area (Å²) in [7, 11) is 1.72. The highest BCUT2D eigenvalue weighted by Crippen LogP contribution is 2.32. The van der Waals surface area contributed by atoms with Crippen molar-refractivity contribution in [1.82, 2.24) is 5.32 Å². The van der Waals surface area contributed by atoms with Gasteiger partial charge >= 0.3 is 6.36 Å². The molecule has 19 heavy (non-hydrogen) atoms. The minimum Gasteiger partial charge on any atom is -0.405 e. The van der Waals surface area contributed by atoms with Crippen LogP contribution in [0.4, 0.5) is 18.9 Å². The second-order valence-corrected chi connectivity index (χ2v) is 4.45. The molecule has 1 aromatic rings. The van der Waals surface area contributed by atoms with Gasteiger partial charge in [0.25, 0.3) is 0 Å². The number of anilines is 1. The van der Waals surface area contributed by atoms with E-state index in [-0.39, 0.29) is 22.6 Å². The number of benzene rings is 1. The van der Waals surface area contributed by atoms with Gasteiger partial charge in [-0.15, -0.1) is 13.2 Å². The number of rotatable bonds is 5. The second kappa shape index (κ2) is 6.76. The van der Waals surface area contributed by atoms with Crippen molar-refractivity contribution in [2.45, 2.75) is 12.8 Å². The summed E-state index contributed by atoms with van der Waals surface area (Å²) in [5, 5.41) is 5.38. The third kappa shape index (κ3) is 5.93. The summed E-state index contributed by atoms with van der Waals surface area (Å²) in [6.45, 7) is 0.516. The molecule has 0 fully saturated rings. The minimum atomic E-state index is -4.75. The molecule has 1 aromatic carbocycles. The Kier molecular flexibility index (Phi) is 5.61. The highest BCUT2D eigenvalue weighted by molar-refractivity contribution is 9.10. The summed E-state index contributed by atoms with van der Waals surface area (Å²) in [4.78, 5) is 11.4. The number of hydrogen-bond donors (Lipinski definition) is 2. The van der Waals surface area contributed by atoms with Gasteiger partial charge in [0.05, 0.1) is 4.47 Å². The van der Waals surface area contributed by atoms with Crippen LogP contribution < -0.4 is 15.4 Å². The van der Waals surface area contributed by atoms with Crippen molar-refractivity contribution in [3.05, 3.63) is 22.7 Å². The fraction of sp³-hybridized carbons (Fsp3) is 0.364. The molecule has 8 heteroatoms. The fourth-order valence-electron chi connectivity index (χ4n) is 1.25. The largest absolute Gasteiger partial charge is 0.573 e. The van der Waals surface area contributed by atoms with Crippen molar-refractivity contribution < 1.29 is 22.7 Å². The lowest BCUT2D eigenvalue weighted by Gasteiger charge is -2.12. The monoisotopic (exact) mass is 340 g/mol. The third-order valence-corrected chi connectivity index (χ3v) is 2.66. The first-order valence-corrected chi connectivity index (χ1v) is 6.11. The van der Waals surface area contributed by atoms with Gasteiger partial charge in [0.1, 0.15) is 5.75 Å². The minimum absolute atomic E-state index is 0.108. The predicted molar refractivity (Wildman–Crippen MR) is 68.0 cm³/mol. The molecular weight excluding hydrogens is 329 g/mol. The molecule has 106 valence electrons. The molecule has 4 nitrogen and oxygen atoms in total. The molecule has 0 saturated carbocycles. The van der Waals surface area contributed by atoms with Crippen molar-refractivity contribution >= 4 is 27.5 Å². The summed E-state index contributed by atoms with van der Waals surface area (Å²) in [6.07, 6.45) is -4.48. The summed E-state index contributed by atoms with van der Waals surface area (Å²) in [5.74, 6) is -0.591. The van der Waals surface area contributed by atoms with E-state index in [2.05, 4.69) is 31.3 Å². The summed E-state index contributed by atoms with van der Waals surface area (Å²) in [6, 6.07) is 3.81. The van der Waals surface area contributed by atoms with Crippen molar-refractivity contribution in [1.29, 1.82) is 0 Å². The first-order chi connectivity index (χ1) is 8.81. The SMILES string of the molecule is CNCCC(=O)Nc1ccc(OC(F)(F)F)c(Br)c1. The lowest BCUT2D eigenvalue weighted by Crippen LogP contribution is -2.19. The standard InChI is InChI=1S/C11H12BrF3N2O2/c1-16-5-4-10(18)17-7-2-3-9(8(12)6-7)19-11(13,14)15/h2-3,6,16H,4-5H2,1H3,(H,17,18). The molecule has 0 saturated heterocycles. The Morgan fingerprint density at radius 2 is 2.11 bits per heavy atom. The maximum absolute atomic E-state index is 12.1. The maximum Gasteiger partial charge on any atom is 0.573 e. The molecule has 0 heterocycles. The van der Waals surface area contributed by atoms with E-state index in [1.807, 2.05) is 0 Å². The van der Waals surface area contributed by atoms with Gasteiger partial charge in [-0.05, 0) is 41.2 Å². The second-order valence-electron chi connectivity index (χ2n) is 3.59. The number of ether oxygens (including phenoxy) is 1. The smallest absolute Gasteiger partial charge is 0.405 e. The highest BCUT2D eigenvalue weighted by Gasteiger charge is 2.31. The zero-order valence-corrected chi connectivity index (χ0v) is 11.6. The Balaban J connectivity index is 2.69. The molecule has 0 radical (unpaired) electrons.